The van der Waals surface area contributed by atoms with Gasteiger partial charge in [-0.25, -0.2) is 9.97 Å². The van der Waals surface area contributed by atoms with Gasteiger partial charge in [-0.15, -0.1) is 0 Å². The monoisotopic (exact) mass is 191 g/mol. The number of pyridine rings is 1. The van der Waals surface area contributed by atoms with Crippen LogP contribution in [-0.4, -0.2) is 25.6 Å². The maximum atomic E-state index is 8.53. The first-order valence-corrected chi connectivity index (χ1v) is 3.99. The van der Waals surface area contributed by atoms with Crippen molar-refractivity contribution in [3.63, 3.8) is 0 Å². The van der Waals surface area contributed by atoms with E-state index in [2.05, 4.69) is 15.1 Å². The van der Waals surface area contributed by atoms with Crippen molar-refractivity contribution >= 4 is 17.0 Å². The molecule has 0 unspecified atom stereocenters. The van der Waals surface area contributed by atoms with E-state index < -0.39 is 0 Å². The third kappa shape index (κ3) is 1.08. The lowest BCUT2D eigenvalue weighted by atomic mass is 10.4. The van der Waals surface area contributed by atoms with Gasteiger partial charge in [0.1, 0.15) is 0 Å². The Morgan fingerprint density at radius 1 is 1.64 bits per heavy atom. The van der Waals surface area contributed by atoms with Gasteiger partial charge in [-0.2, -0.15) is 0 Å². The smallest absolute Gasteiger partial charge is 0.206 e. The fourth-order valence-electron chi connectivity index (χ4n) is 1.30. The quantitative estimate of drug-likeness (QED) is 0.289. The predicted octanol–water partition coefficient (Wildman–Crippen LogP) is 0.0628. The number of nitrogens with two attached hydrogens (primary N) is 1. The van der Waals surface area contributed by atoms with Crippen LogP contribution >= 0.6 is 0 Å². The molecule has 0 atom stereocenters. The number of oxime groups is 1. The van der Waals surface area contributed by atoms with E-state index in [1.165, 1.54) is 0 Å². The Morgan fingerprint density at radius 3 is 3.07 bits per heavy atom. The van der Waals surface area contributed by atoms with Crippen molar-refractivity contribution in [1.29, 1.82) is 0 Å². The number of hydrogen-bond acceptors (Lipinski definition) is 4. The Balaban J connectivity index is 2.75. The topological polar surface area (TPSA) is 89.3 Å². The highest BCUT2D eigenvalue weighted by atomic mass is 16.4. The molecule has 0 saturated heterocycles. The van der Waals surface area contributed by atoms with E-state index in [0.717, 1.165) is 5.52 Å². The second-order valence-corrected chi connectivity index (χ2v) is 2.83. The molecule has 2 heterocycles. The molecule has 72 valence electrons. The molecule has 0 aliphatic rings. The van der Waals surface area contributed by atoms with Crippen molar-refractivity contribution in [2.45, 2.75) is 0 Å². The molecule has 0 bridgehead atoms. The molecular formula is C8H9N5O. The first-order chi connectivity index (χ1) is 6.74. The van der Waals surface area contributed by atoms with Gasteiger partial charge in [0.2, 0.25) is 5.84 Å². The molecule has 0 fully saturated rings. The van der Waals surface area contributed by atoms with Crippen molar-refractivity contribution < 1.29 is 5.21 Å². The van der Waals surface area contributed by atoms with Crippen molar-refractivity contribution in [1.82, 2.24) is 14.5 Å². The van der Waals surface area contributed by atoms with Gasteiger partial charge in [0.15, 0.2) is 11.5 Å². The number of imidazole rings is 1. The standard InChI is InChI=1S/C8H9N5O/c1-13-5-3-2-4-10-7(5)11-8(13)6(9)12-14/h2-4,14H,1H3,(H2,9,12). The van der Waals surface area contributed by atoms with E-state index in [1.807, 2.05) is 6.07 Å². The third-order valence-corrected chi connectivity index (χ3v) is 1.99. The second kappa shape index (κ2) is 2.99. The fraction of sp³-hybridized carbons (Fsp3) is 0.125. The van der Waals surface area contributed by atoms with Crippen molar-refractivity contribution in [3.8, 4) is 0 Å². The highest BCUT2D eigenvalue weighted by molar-refractivity contribution is 5.96. The second-order valence-electron chi connectivity index (χ2n) is 2.83. The van der Waals surface area contributed by atoms with Crippen LogP contribution in [0.4, 0.5) is 0 Å². The normalized spacial score (nSPS) is 12.2. The van der Waals surface area contributed by atoms with Gasteiger partial charge in [0.05, 0.1) is 5.52 Å². The highest BCUT2D eigenvalue weighted by Crippen LogP contribution is 2.10. The summed E-state index contributed by atoms with van der Waals surface area (Å²) in [6, 6.07) is 3.67. The van der Waals surface area contributed by atoms with Crippen LogP contribution < -0.4 is 5.73 Å². The maximum absolute atomic E-state index is 8.53. The largest absolute Gasteiger partial charge is 0.409 e. The van der Waals surface area contributed by atoms with Gasteiger partial charge in [-0.1, -0.05) is 5.16 Å². The van der Waals surface area contributed by atoms with E-state index in [9.17, 15) is 0 Å². The number of nitrogens with zero attached hydrogens (tertiary/aromatic N) is 4. The number of fused-ring (bicyclic) bond motifs is 1. The molecule has 2 aromatic rings. The van der Waals surface area contributed by atoms with Crippen molar-refractivity contribution in [3.05, 3.63) is 24.2 Å². The average Bonchev–Trinajstić information content (AvgIpc) is 2.56. The first-order valence-electron chi connectivity index (χ1n) is 3.99. The molecule has 3 N–H and O–H groups in total. The number of rotatable bonds is 1. The van der Waals surface area contributed by atoms with Crippen LogP contribution in [0.2, 0.25) is 0 Å². The lowest BCUT2D eigenvalue weighted by Gasteiger charge is -1.98. The van der Waals surface area contributed by atoms with Gasteiger partial charge < -0.3 is 15.5 Å². The Kier molecular flexibility index (Phi) is 1.81. The summed E-state index contributed by atoms with van der Waals surface area (Å²) in [5.74, 6) is 0.381. The van der Waals surface area contributed by atoms with E-state index in [-0.39, 0.29) is 5.84 Å². The van der Waals surface area contributed by atoms with Gasteiger partial charge in [0.25, 0.3) is 0 Å². The van der Waals surface area contributed by atoms with Crippen LogP contribution in [0.1, 0.15) is 5.82 Å². The zero-order valence-electron chi connectivity index (χ0n) is 7.55. The van der Waals surface area contributed by atoms with Crippen LogP contribution in [0.25, 0.3) is 11.2 Å². The minimum atomic E-state index is -0.0227. The van der Waals surface area contributed by atoms with E-state index in [0.29, 0.717) is 11.5 Å². The van der Waals surface area contributed by atoms with Gasteiger partial charge in [0, 0.05) is 13.2 Å². The van der Waals surface area contributed by atoms with E-state index in [1.54, 1.807) is 23.9 Å². The number of amidine groups is 1. The summed E-state index contributed by atoms with van der Waals surface area (Å²) < 4.78 is 1.72. The molecule has 0 aliphatic carbocycles. The van der Waals surface area contributed by atoms with Gasteiger partial charge in [-0.05, 0) is 12.1 Å². The zero-order chi connectivity index (χ0) is 10.1. The summed E-state index contributed by atoms with van der Waals surface area (Å²) in [7, 11) is 1.78. The Hall–Kier alpha value is -2.11. The molecule has 2 rings (SSSR count). The van der Waals surface area contributed by atoms with E-state index in [4.69, 9.17) is 10.9 Å². The highest BCUT2D eigenvalue weighted by Gasteiger charge is 2.11. The molecule has 6 heteroatoms. The van der Waals surface area contributed by atoms with Gasteiger partial charge >= 0.3 is 0 Å². The zero-order valence-corrected chi connectivity index (χ0v) is 7.55. The lowest BCUT2D eigenvalue weighted by Crippen LogP contribution is -2.18. The molecule has 0 amide bonds. The first kappa shape index (κ1) is 8.49. The molecule has 2 aromatic heterocycles. The Labute approximate surface area is 79.7 Å². The molecule has 6 nitrogen and oxygen atoms in total. The molecule has 0 aliphatic heterocycles. The fourth-order valence-corrected chi connectivity index (χ4v) is 1.30. The van der Waals surface area contributed by atoms with Crippen LogP contribution in [0.3, 0.4) is 0 Å². The van der Waals surface area contributed by atoms with E-state index >= 15 is 0 Å². The third-order valence-electron chi connectivity index (χ3n) is 1.99. The summed E-state index contributed by atoms with van der Waals surface area (Å²) in [6.45, 7) is 0. The molecule has 0 radical (unpaired) electrons. The average molecular weight is 191 g/mol. The molecule has 0 spiro atoms. The lowest BCUT2D eigenvalue weighted by molar-refractivity contribution is 0.318. The molecule has 14 heavy (non-hydrogen) atoms. The predicted molar refractivity (Wildman–Crippen MR) is 51.0 cm³/mol. The number of hydrogen-bond donors (Lipinski definition) is 2. The summed E-state index contributed by atoms with van der Waals surface area (Å²) in [6.07, 6.45) is 1.64. The SMILES string of the molecule is Cn1c(/C(N)=N/O)nc2ncccc21. The van der Waals surface area contributed by atoms with Crippen LogP contribution in [-0.2, 0) is 7.05 Å². The Morgan fingerprint density at radius 2 is 2.43 bits per heavy atom. The summed E-state index contributed by atoms with van der Waals surface area (Å²) in [5.41, 5.74) is 6.87. The van der Waals surface area contributed by atoms with Crippen molar-refractivity contribution in [2.24, 2.45) is 17.9 Å². The summed E-state index contributed by atoms with van der Waals surface area (Å²) in [5, 5.41) is 11.4. The van der Waals surface area contributed by atoms with Crippen molar-refractivity contribution in [2.75, 3.05) is 0 Å². The molecule has 0 saturated carbocycles. The number of aryl methyl sites for hydroxylation is 1. The van der Waals surface area contributed by atoms with Crippen LogP contribution in [0.5, 0.6) is 0 Å². The number of aromatic nitrogens is 3. The van der Waals surface area contributed by atoms with Crippen LogP contribution in [0, 0.1) is 0 Å². The molecular weight excluding hydrogens is 182 g/mol. The molecule has 0 aromatic carbocycles. The minimum Gasteiger partial charge on any atom is -0.409 e. The summed E-state index contributed by atoms with van der Waals surface area (Å²) >= 11 is 0. The van der Waals surface area contributed by atoms with Gasteiger partial charge in [-0.3, -0.25) is 0 Å². The maximum Gasteiger partial charge on any atom is 0.206 e. The minimum absolute atomic E-state index is 0.0227. The Bertz CT molecular complexity index is 501. The summed E-state index contributed by atoms with van der Waals surface area (Å²) in [4.78, 5) is 8.17. The van der Waals surface area contributed by atoms with Crippen LogP contribution in [0.15, 0.2) is 23.5 Å².